The molecular formula is C22H23FN2O3. The van der Waals surface area contributed by atoms with Crippen LogP contribution in [0.25, 0.3) is 0 Å². The van der Waals surface area contributed by atoms with Crippen LogP contribution in [0.4, 0.5) is 10.1 Å². The van der Waals surface area contributed by atoms with Crippen molar-refractivity contribution in [2.45, 2.75) is 12.8 Å². The lowest BCUT2D eigenvalue weighted by molar-refractivity contribution is -0.124. The van der Waals surface area contributed by atoms with E-state index in [2.05, 4.69) is 5.32 Å². The summed E-state index contributed by atoms with van der Waals surface area (Å²) in [6.07, 6.45) is 1.46. The van der Waals surface area contributed by atoms with Gasteiger partial charge in [-0.1, -0.05) is 24.3 Å². The molecule has 6 heteroatoms. The molecular weight excluding hydrogens is 359 g/mol. The first kappa shape index (κ1) is 18.6. The number of benzene rings is 2. The Bertz CT molecular complexity index is 865. The lowest BCUT2D eigenvalue weighted by Crippen LogP contribution is -2.42. The highest BCUT2D eigenvalue weighted by atomic mass is 19.1. The highest BCUT2D eigenvalue weighted by Gasteiger charge is 2.51. The van der Waals surface area contributed by atoms with Crippen molar-refractivity contribution in [3.05, 3.63) is 66.0 Å². The van der Waals surface area contributed by atoms with Crippen LogP contribution < -0.4 is 5.32 Å². The Labute approximate surface area is 163 Å². The minimum atomic E-state index is -0.397. The van der Waals surface area contributed by atoms with Crippen LogP contribution in [-0.4, -0.2) is 43.0 Å². The van der Waals surface area contributed by atoms with Crippen molar-refractivity contribution >= 4 is 17.5 Å². The molecule has 2 aliphatic heterocycles. The predicted octanol–water partition coefficient (Wildman–Crippen LogP) is 3.33. The number of halogens is 1. The van der Waals surface area contributed by atoms with Gasteiger partial charge in [0.05, 0.1) is 5.92 Å². The number of rotatable bonds is 3. The molecule has 28 heavy (non-hydrogen) atoms. The summed E-state index contributed by atoms with van der Waals surface area (Å²) < 4.78 is 19.0. The molecule has 1 N–H and O–H groups in total. The number of ether oxygens (including phenoxy) is 1. The molecule has 0 saturated carbocycles. The molecule has 0 bridgehead atoms. The van der Waals surface area contributed by atoms with E-state index in [0.29, 0.717) is 37.6 Å². The zero-order valence-corrected chi connectivity index (χ0v) is 15.6. The number of carbonyl (C=O) groups is 2. The maximum absolute atomic E-state index is 13.5. The number of nitrogens with zero attached hydrogens (tertiary/aromatic N) is 1. The maximum atomic E-state index is 13.5. The SMILES string of the molecule is O=C(Nc1cccc(F)c1)C1CN(C(=O)c2ccccc2)CC12CCOCC2. The minimum Gasteiger partial charge on any atom is -0.381 e. The van der Waals surface area contributed by atoms with Crippen molar-refractivity contribution in [3.8, 4) is 0 Å². The monoisotopic (exact) mass is 382 g/mol. The van der Waals surface area contributed by atoms with Crippen molar-refractivity contribution in [2.75, 3.05) is 31.6 Å². The summed E-state index contributed by atoms with van der Waals surface area (Å²) in [6.45, 7) is 2.05. The van der Waals surface area contributed by atoms with Gasteiger partial charge in [0.2, 0.25) is 5.91 Å². The first-order valence-electron chi connectivity index (χ1n) is 9.56. The van der Waals surface area contributed by atoms with Gasteiger partial charge in [0.15, 0.2) is 0 Å². The topological polar surface area (TPSA) is 58.6 Å². The molecule has 2 fully saturated rings. The normalized spacial score (nSPS) is 20.9. The third-order valence-corrected chi connectivity index (χ3v) is 5.85. The van der Waals surface area contributed by atoms with Crippen molar-refractivity contribution in [1.29, 1.82) is 0 Å². The number of nitrogens with one attached hydrogen (secondary N) is 1. The third-order valence-electron chi connectivity index (χ3n) is 5.85. The molecule has 4 rings (SSSR count). The van der Waals surface area contributed by atoms with Gasteiger partial charge in [-0.3, -0.25) is 9.59 Å². The van der Waals surface area contributed by atoms with Crippen LogP contribution in [0.15, 0.2) is 54.6 Å². The molecule has 2 saturated heterocycles. The van der Waals surface area contributed by atoms with Gasteiger partial charge < -0.3 is 15.0 Å². The number of anilines is 1. The lowest BCUT2D eigenvalue weighted by atomic mass is 9.71. The second kappa shape index (κ2) is 7.72. The molecule has 2 amide bonds. The first-order chi connectivity index (χ1) is 13.6. The Kier molecular flexibility index (Phi) is 5.13. The molecule has 0 aliphatic carbocycles. The molecule has 146 valence electrons. The van der Waals surface area contributed by atoms with E-state index in [1.54, 1.807) is 29.2 Å². The fourth-order valence-electron chi connectivity index (χ4n) is 4.33. The van der Waals surface area contributed by atoms with Gasteiger partial charge in [0.1, 0.15) is 5.82 Å². The molecule has 0 aromatic heterocycles. The van der Waals surface area contributed by atoms with Crippen molar-refractivity contribution in [3.63, 3.8) is 0 Å². The van der Waals surface area contributed by atoms with Crippen LogP contribution in [0.3, 0.4) is 0 Å². The van der Waals surface area contributed by atoms with Gasteiger partial charge in [0.25, 0.3) is 5.91 Å². The number of likely N-dealkylation sites (tertiary alicyclic amines) is 1. The number of hydrogen-bond donors (Lipinski definition) is 1. The Morgan fingerprint density at radius 3 is 2.54 bits per heavy atom. The number of hydrogen-bond acceptors (Lipinski definition) is 3. The summed E-state index contributed by atoms with van der Waals surface area (Å²) in [5.74, 6) is -0.985. The van der Waals surface area contributed by atoms with Crippen molar-refractivity contribution < 1.29 is 18.7 Å². The zero-order chi connectivity index (χ0) is 19.6. The maximum Gasteiger partial charge on any atom is 0.253 e. The molecule has 2 aromatic rings. The van der Waals surface area contributed by atoms with Crippen LogP contribution in [-0.2, 0) is 9.53 Å². The fraction of sp³-hybridized carbons (Fsp3) is 0.364. The van der Waals surface area contributed by atoms with Gasteiger partial charge in [-0.05, 0) is 43.2 Å². The average molecular weight is 382 g/mol. The van der Waals surface area contributed by atoms with Crippen LogP contribution in [0.5, 0.6) is 0 Å². The van der Waals surface area contributed by atoms with Crippen molar-refractivity contribution in [2.24, 2.45) is 11.3 Å². The average Bonchev–Trinajstić information content (AvgIpc) is 3.07. The summed E-state index contributed by atoms with van der Waals surface area (Å²) in [7, 11) is 0. The van der Waals surface area contributed by atoms with Gasteiger partial charge in [0, 0.05) is 43.0 Å². The van der Waals surface area contributed by atoms with E-state index in [1.807, 2.05) is 18.2 Å². The highest BCUT2D eigenvalue weighted by molar-refractivity contribution is 5.97. The van der Waals surface area contributed by atoms with E-state index in [0.717, 1.165) is 12.8 Å². The largest absolute Gasteiger partial charge is 0.381 e. The smallest absolute Gasteiger partial charge is 0.253 e. The molecule has 2 aliphatic rings. The van der Waals surface area contributed by atoms with Gasteiger partial charge >= 0.3 is 0 Å². The summed E-state index contributed by atoms with van der Waals surface area (Å²) in [5, 5.41) is 2.84. The first-order valence-corrected chi connectivity index (χ1v) is 9.56. The second-order valence-corrected chi connectivity index (χ2v) is 7.58. The van der Waals surface area contributed by atoms with E-state index < -0.39 is 5.82 Å². The molecule has 2 aromatic carbocycles. The van der Waals surface area contributed by atoms with E-state index in [4.69, 9.17) is 4.74 Å². The minimum absolute atomic E-state index is 0.0625. The predicted molar refractivity (Wildman–Crippen MR) is 103 cm³/mol. The summed E-state index contributed by atoms with van der Waals surface area (Å²) in [5.41, 5.74) is 0.746. The number of amides is 2. The van der Waals surface area contributed by atoms with Crippen LogP contribution in [0.1, 0.15) is 23.2 Å². The molecule has 2 heterocycles. The van der Waals surface area contributed by atoms with E-state index in [-0.39, 0.29) is 23.1 Å². The zero-order valence-electron chi connectivity index (χ0n) is 15.6. The van der Waals surface area contributed by atoms with Crippen molar-refractivity contribution in [1.82, 2.24) is 4.90 Å². The summed E-state index contributed by atoms with van der Waals surface area (Å²) >= 11 is 0. The molecule has 1 spiro atoms. The van der Waals surface area contributed by atoms with Crippen LogP contribution >= 0.6 is 0 Å². The van der Waals surface area contributed by atoms with Gasteiger partial charge in [-0.15, -0.1) is 0 Å². The Morgan fingerprint density at radius 2 is 1.82 bits per heavy atom. The molecule has 1 atom stereocenters. The molecule has 5 nitrogen and oxygen atoms in total. The standard InChI is InChI=1S/C22H23FN2O3/c23-17-7-4-8-18(13-17)24-20(26)19-14-25(15-22(19)9-11-28-12-10-22)21(27)16-5-2-1-3-6-16/h1-8,13,19H,9-12,14-15H2,(H,24,26). The third kappa shape index (κ3) is 3.64. The molecule has 0 radical (unpaired) electrons. The highest BCUT2D eigenvalue weighted by Crippen LogP contribution is 2.45. The Morgan fingerprint density at radius 1 is 1.07 bits per heavy atom. The van der Waals surface area contributed by atoms with E-state index in [1.165, 1.54) is 12.1 Å². The van der Waals surface area contributed by atoms with E-state index in [9.17, 15) is 14.0 Å². The van der Waals surface area contributed by atoms with Gasteiger partial charge in [-0.25, -0.2) is 4.39 Å². The van der Waals surface area contributed by atoms with E-state index >= 15 is 0 Å². The Balaban J connectivity index is 1.57. The Hall–Kier alpha value is -2.73. The lowest BCUT2D eigenvalue weighted by Gasteiger charge is -2.37. The summed E-state index contributed by atoms with van der Waals surface area (Å²) in [6, 6.07) is 15.0. The molecule has 1 unspecified atom stereocenters. The quantitative estimate of drug-likeness (QED) is 0.886. The van der Waals surface area contributed by atoms with Gasteiger partial charge in [-0.2, -0.15) is 0 Å². The van der Waals surface area contributed by atoms with Crippen LogP contribution in [0.2, 0.25) is 0 Å². The fourth-order valence-corrected chi connectivity index (χ4v) is 4.33. The second-order valence-electron chi connectivity index (χ2n) is 7.58. The summed E-state index contributed by atoms with van der Waals surface area (Å²) in [4.78, 5) is 27.8. The van der Waals surface area contributed by atoms with Crippen LogP contribution in [0, 0.1) is 17.2 Å². The number of carbonyl (C=O) groups excluding carboxylic acids is 2.